The van der Waals surface area contributed by atoms with Gasteiger partial charge in [0.15, 0.2) is 0 Å². The van der Waals surface area contributed by atoms with E-state index in [1.54, 1.807) is 23.1 Å². The molecule has 1 aliphatic heterocycles. The third kappa shape index (κ3) is 3.63. The average molecular weight is 352 g/mol. The number of thiophene rings is 1. The summed E-state index contributed by atoms with van der Waals surface area (Å²) in [6, 6.07) is 2.24. The first-order valence-corrected chi connectivity index (χ1v) is 9.86. The average Bonchev–Trinajstić information content (AvgIpc) is 3.20. The Hall–Kier alpha value is -0.890. The summed E-state index contributed by atoms with van der Waals surface area (Å²) < 4.78 is 16.5. The molecule has 0 radical (unpaired) electrons. The van der Waals surface area contributed by atoms with Crippen LogP contribution in [-0.4, -0.2) is 35.5 Å². The molecule has 0 spiro atoms. The van der Waals surface area contributed by atoms with Crippen LogP contribution >= 0.6 is 23.1 Å². The van der Waals surface area contributed by atoms with Crippen molar-refractivity contribution in [2.45, 2.75) is 43.9 Å². The number of thioether (sulfide) groups is 1. The topological polar surface area (TPSA) is 57.4 Å². The number of aryl methyl sites for hydroxylation is 1. The van der Waals surface area contributed by atoms with Gasteiger partial charge in [0.1, 0.15) is 6.79 Å². The summed E-state index contributed by atoms with van der Waals surface area (Å²) in [5, 5.41) is 9.00. The number of ether oxygens (including phenoxy) is 2. The van der Waals surface area contributed by atoms with Crippen LogP contribution in [0.4, 0.5) is 0 Å². The molecule has 3 heterocycles. The van der Waals surface area contributed by atoms with Crippen LogP contribution in [-0.2, 0) is 22.3 Å². The molecule has 0 unspecified atom stereocenters. The first-order valence-electron chi connectivity index (χ1n) is 8.05. The SMILES string of the molecule is C[C@@H]1CCc2sc(-c3nnc(SC[C@@H]4CCOCO4)o3)cc2C1. The molecule has 2 aromatic rings. The Labute approximate surface area is 143 Å². The van der Waals surface area contributed by atoms with Crippen molar-refractivity contribution >= 4 is 23.1 Å². The van der Waals surface area contributed by atoms with E-state index in [9.17, 15) is 0 Å². The summed E-state index contributed by atoms with van der Waals surface area (Å²) in [5.74, 6) is 2.24. The van der Waals surface area contributed by atoms with Gasteiger partial charge >= 0.3 is 0 Å². The van der Waals surface area contributed by atoms with Crippen LogP contribution < -0.4 is 0 Å². The zero-order valence-corrected chi connectivity index (χ0v) is 14.8. The zero-order valence-electron chi connectivity index (χ0n) is 13.1. The van der Waals surface area contributed by atoms with E-state index in [0.29, 0.717) is 17.9 Å². The summed E-state index contributed by atoms with van der Waals surface area (Å²) in [6.07, 6.45) is 4.76. The molecular formula is C16H20N2O3S2. The van der Waals surface area contributed by atoms with Gasteiger partial charge in [0.05, 0.1) is 17.6 Å². The van der Waals surface area contributed by atoms with Crippen LogP contribution in [0.1, 0.15) is 30.2 Å². The second-order valence-electron chi connectivity index (χ2n) is 6.19. The molecule has 2 atom stereocenters. The number of aromatic nitrogens is 2. The van der Waals surface area contributed by atoms with Gasteiger partial charge in [0, 0.05) is 10.6 Å². The Balaban J connectivity index is 1.41. The standard InChI is InChI=1S/C16H20N2O3S2/c1-10-2-3-13-11(6-10)7-14(23-13)15-17-18-16(21-15)22-8-12-4-5-19-9-20-12/h7,10,12H,2-6,8-9H2,1H3/t10-,12+/m1/s1. The molecule has 2 aromatic heterocycles. The van der Waals surface area contributed by atoms with E-state index in [2.05, 4.69) is 23.2 Å². The third-order valence-electron chi connectivity index (χ3n) is 4.31. The number of hydrogen-bond donors (Lipinski definition) is 0. The van der Waals surface area contributed by atoms with E-state index in [1.807, 2.05) is 0 Å². The predicted molar refractivity (Wildman–Crippen MR) is 89.8 cm³/mol. The Bertz CT molecular complexity index is 664. The maximum absolute atomic E-state index is 5.83. The summed E-state index contributed by atoms with van der Waals surface area (Å²) in [4.78, 5) is 2.59. The highest BCUT2D eigenvalue weighted by atomic mass is 32.2. The molecule has 0 aromatic carbocycles. The lowest BCUT2D eigenvalue weighted by Crippen LogP contribution is -2.25. The van der Waals surface area contributed by atoms with E-state index in [0.717, 1.165) is 29.6 Å². The van der Waals surface area contributed by atoms with Gasteiger partial charge < -0.3 is 13.9 Å². The minimum atomic E-state index is 0.208. The van der Waals surface area contributed by atoms with Crippen LogP contribution in [0.15, 0.2) is 15.7 Å². The molecule has 1 fully saturated rings. The summed E-state index contributed by atoms with van der Waals surface area (Å²) in [6.45, 7) is 3.47. The number of hydrogen-bond acceptors (Lipinski definition) is 7. The van der Waals surface area contributed by atoms with Crippen LogP contribution in [0.2, 0.25) is 0 Å². The second-order valence-corrected chi connectivity index (χ2v) is 8.30. The van der Waals surface area contributed by atoms with E-state index < -0.39 is 0 Å². The van der Waals surface area contributed by atoms with Crippen molar-refractivity contribution in [1.82, 2.24) is 10.2 Å². The smallest absolute Gasteiger partial charge is 0.276 e. The molecule has 0 amide bonds. The van der Waals surface area contributed by atoms with Crippen LogP contribution in [0.3, 0.4) is 0 Å². The molecule has 0 N–H and O–H groups in total. The van der Waals surface area contributed by atoms with Crippen LogP contribution in [0.5, 0.6) is 0 Å². The van der Waals surface area contributed by atoms with Gasteiger partial charge in [-0.05, 0) is 43.2 Å². The van der Waals surface area contributed by atoms with Crippen molar-refractivity contribution in [3.63, 3.8) is 0 Å². The summed E-state index contributed by atoms with van der Waals surface area (Å²) >= 11 is 3.36. The molecule has 1 aliphatic carbocycles. The van der Waals surface area contributed by atoms with Crippen molar-refractivity contribution < 1.29 is 13.9 Å². The van der Waals surface area contributed by atoms with Gasteiger partial charge in [0.2, 0.25) is 0 Å². The van der Waals surface area contributed by atoms with E-state index in [1.165, 1.54) is 29.7 Å². The van der Waals surface area contributed by atoms with Crippen molar-refractivity contribution in [3.8, 4) is 10.8 Å². The molecule has 1 saturated heterocycles. The molecule has 7 heteroatoms. The predicted octanol–water partition coefficient (Wildman–Crippen LogP) is 3.78. The normalized spacial score (nSPS) is 24.6. The van der Waals surface area contributed by atoms with Gasteiger partial charge in [-0.15, -0.1) is 21.5 Å². The van der Waals surface area contributed by atoms with Gasteiger partial charge in [-0.1, -0.05) is 18.7 Å². The Morgan fingerprint density at radius 1 is 1.35 bits per heavy atom. The molecule has 23 heavy (non-hydrogen) atoms. The molecule has 5 nitrogen and oxygen atoms in total. The molecular weight excluding hydrogens is 332 g/mol. The Morgan fingerprint density at radius 2 is 2.30 bits per heavy atom. The van der Waals surface area contributed by atoms with Crippen LogP contribution in [0.25, 0.3) is 10.8 Å². The van der Waals surface area contributed by atoms with E-state index in [-0.39, 0.29) is 6.10 Å². The van der Waals surface area contributed by atoms with Gasteiger partial charge in [-0.25, -0.2) is 0 Å². The third-order valence-corrected chi connectivity index (χ3v) is 6.49. The van der Waals surface area contributed by atoms with Gasteiger partial charge in [-0.2, -0.15) is 0 Å². The first kappa shape index (κ1) is 15.6. The Kier molecular flexibility index (Phi) is 4.71. The maximum Gasteiger partial charge on any atom is 0.276 e. The summed E-state index contributed by atoms with van der Waals surface area (Å²) in [7, 11) is 0. The van der Waals surface area contributed by atoms with Crippen molar-refractivity contribution in [3.05, 3.63) is 16.5 Å². The lowest BCUT2D eigenvalue weighted by atomic mass is 9.90. The van der Waals surface area contributed by atoms with Gasteiger partial charge in [-0.3, -0.25) is 0 Å². The molecule has 0 saturated carbocycles. The molecule has 0 bridgehead atoms. The number of fused-ring (bicyclic) bond motifs is 1. The monoisotopic (exact) mass is 352 g/mol. The quantitative estimate of drug-likeness (QED) is 0.781. The molecule has 4 rings (SSSR count). The molecule has 2 aliphatic rings. The minimum absolute atomic E-state index is 0.208. The largest absolute Gasteiger partial charge is 0.410 e. The maximum atomic E-state index is 5.83. The fourth-order valence-corrected chi connectivity index (χ4v) is 4.93. The first-order chi connectivity index (χ1) is 11.3. The number of rotatable bonds is 4. The van der Waals surface area contributed by atoms with Crippen LogP contribution in [0, 0.1) is 5.92 Å². The lowest BCUT2D eigenvalue weighted by Gasteiger charge is -2.21. The highest BCUT2D eigenvalue weighted by Gasteiger charge is 2.21. The minimum Gasteiger partial charge on any atom is -0.410 e. The highest BCUT2D eigenvalue weighted by Crippen LogP contribution is 2.37. The van der Waals surface area contributed by atoms with E-state index in [4.69, 9.17) is 13.9 Å². The van der Waals surface area contributed by atoms with Crippen molar-refractivity contribution in [2.75, 3.05) is 19.2 Å². The fourth-order valence-electron chi connectivity index (χ4n) is 2.98. The Morgan fingerprint density at radius 3 is 3.17 bits per heavy atom. The lowest BCUT2D eigenvalue weighted by molar-refractivity contribution is -0.130. The molecule has 124 valence electrons. The zero-order chi connectivity index (χ0) is 15.6. The number of nitrogens with zero attached hydrogens (tertiary/aromatic N) is 2. The van der Waals surface area contributed by atoms with Crippen molar-refractivity contribution in [1.29, 1.82) is 0 Å². The second kappa shape index (κ2) is 6.93. The summed E-state index contributed by atoms with van der Waals surface area (Å²) in [5.41, 5.74) is 1.46. The van der Waals surface area contributed by atoms with Crippen molar-refractivity contribution in [2.24, 2.45) is 5.92 Å². The highest BCUT2D eigenvalue weighted by molar-refractivity contribution is 7.99. The van der Waals surface area contributed by atoms with E-state index >= 15 is 0 Å². The fraction of sp³-hybridized carbons (Fsp3) is 0.625. The van der Waals surface area contributed by atoms with Gasteiger partial charge in [0.25, 0.3) is 11.1 Å².